The van der Waals surface area contributed by atoms with Crippen molar-refractivity contribution in [2.75, 3.05) is 5.73 Å². The van der Waals surface area contributed by atoms with Crippen LogP contribution in [0.25, 0.3) is 16.7 Å². The zero-order valence-corrected chi connectivity index (χ0v) is 18.3. The molecular formula is C20H11Cl2F6N5O. The van der Waals surface area contributed by atoms with Crippen LogP contribution in [0.4, 0.5) is 32.2 Å². The van der Waals surface area contributed by atoms with E-state index in [-0.39, 0.29) is 21.5 Å². The molecule has 0 aliphatic heterocycles. The molecule has 0 bridgehead atoms. The van der Waals surface area contributed by atoms with Crippen LogP contribution < -0.4 is 10.5 Å². The quantitative estimate of drug-likeness (QED) is 0.298. The fourth-order valence-electron chi connectivity index (χ4n) is 3.06. The number of rotatable bonds is 3. The van der Waals surface area contributed by atoms with E-state index in [0.29, 0.717) is 10.4 Å². The molecule has 0 fully saturated rings. The summed E-state index contributed by atoms with van der Waals surface area (Å²) in [6.45, 7) is 1.89. The third kappa shape index (κ3) is 4.42. The number of hydrogen-bond acceptors (Lipinski definition) is 5. The van der Waals surface area contributed by atoms with E-state index in [1.54, 1.807) is 24.3 Å². The van der Waals surface area contributed by atoms with Crippen molar-refractivity contribution in [1.82, 2.24) is 19.7 Å². The number of aromatic nitrogens is 4. The van der Waals surface area contributed by atoms with Gasteiger partial charge in [0.1, 0.15) is 23.0 Å². The second-order valence-corrected chi connectivity index (χ2v) is 7.85. The predicted octanol–water partition coefficient (Wildman–Crippen LogP) is 6.84. The first-order valence-electron chi connectivity index (χ1n) is 9.20. The number of aryl methyl sites for hydroxylation is 1. The van der Waals surface area contributed by atoms with Crippen LogP contribution in [0.15, 0.2) is 36.4 Å². The Labute approximate surface area is 196 Å². The van der Waals surface area contributed by atoms with Gasteiger partial charge < -0.3 is 10.5 Å². The molecule has 2 heterocycles. The average molecular weight is 522 g/mol. The maximum Gasteiger partial charge on any atom is 0.451 e. The lowest BCUT2D eigenvalue weighted by atomic mass is 10.2. The number of benzene rings is 2. The zero-order valence-electron chi connectivity index (χ0n) is 16.8. The van der Waals surface area contributed by atoms with Crippen LogP contribution in [0.3, 0.4) is 0 Å². The van der Waals surface area contributed by atoms with Crippen LogP contribution >= 0.6 is 23.2 Å². The van der Waals surface area contributed by atoms with Crippen molar-refractivity contribution >= 4 is 40.1 Å². The summed E-state index contributed by atoms with van der Waals surface area (Å²) in [6, 6.07) is 9.59. The standard InChI is InChI=1S/C20H11Cl2F6N5O/c1-8-2-4-9(5-3-8)34-10-6-11(21)14(12(22)7-10)33-16(29)13-15(19(23,24)25)30-18(20(26,27)28)31-17(13)32-33/h2-7H,29H2,1H3. The van der Waals surface area contributed by atoms with Gasteiger partial charge >= 0.3 is 12.4 Å². The van der Waals surface area contributed by atoms with E-state index >= 15 is 0 Å². The van der Waals surface area contributed by atoms with E-state index < -0.39 is 40.7 Å². The highest BCUT2D eigenvalue weighted by molar-refractivity contribution is 6.38. The Morgan fingerprint density at radius 1 is 0.882 bits per heavy atom. The first-order chi connectivity index (χ1) is 15.8. The maximum atomic E-state index is 13.5. The molecule has 0 saturated carbocycles. The molecule has 6 nitrogen and oxygen atoms in total. The van der Waals surface area contributed by atoms with Gasteiger partial charge in [-0.1, -0.05) is 40.9 Å². The highest BCUT2D eigenvalue weighted by Gasteiger charge is 2.43. The van der Waals surface area contributed by atoms with Crippen LogP contribution in [0, 0.1) is 6.92 Å². The summed E-state index contributed by atoms with van der Waals surface area (Å²) in [4.78, 5) is 5.75. The van der Waals surface area contributed by atoms with Crippen molar-refractivity contribution in [2.45, 2.75) is 19.3 Å². The lowest BCUT2D eigenvalue weighted by molar-refractivity contribution is -0.151. The normalized spacial score (nSPS) is 12.4. The summed E-state index contributed by atoms with van der Waals surface area (Å²) < 4.78 is 86.1. The molecule has 4 rings (SSSR count). The summed E-state index contributed by atoms with van der Waals surface area (Å²) in [5.41, 5.74) is 3.82. The SMILES string of the molecule is Cc1ccc(Oc2cc(Cl)c(-n3nc4nc(C(F)(F)F)nc(C(F)(F)F)c4c3N)c(Cl)c2)cc1. The Morgan fingerprint density at radius 2 is 1.47 bits per heavy atom. The highest BCUT2D eigenvalue weighted by atomic mass is 35.5. The smallest absolute Gasteiger partial charge is 0.451 e. The second kappa shape index (κ2) is 8.20. The number of nitrogen functional groups attached to an aromatic ring is 1. The first-order valence-corrected chi connectivity index (χ1v) is 9.96. The van der Waals surface area contributed by atoms with Gasteiger partial charge in [-0.05, 0) is 19.1 Å². The Balaban J connectivity index is 1.86. The lowest BCUT2D eigenvalue weighted by Gasteiger charge is -2.13. The van der Waals surface area contributed by atoms with Crippen LogP contribution in [-0.4, -0.2) is 19.7 Å². The number of fused-ring (bicyclic) bond motifs is 1. The van der Waals surface area contributed by atoms with Crippen LogP contribution in [0.2, 0.25) is 10.0 Å². The Morgan fingerprint density at radius 3 is 2.00 bits per heavy atom. The van der Waals surface area contributed by atoms with Crippen LogP contribution in [-0.2, 0) is 12.4 Å². The number of anilines is 1. The molecule has 0 radical (unpaired) electrons. The summed E-state index contributed by atoms with van der Waals surface area (Å²) in [5.74, 6) is -2.07. The van der Waals surface area contributed by atoms with Crippen molar-refractivity contribution in [3.63, 3.8) is 0 Å². The molecule has 2 N–H and O–H groups in total. The van der Waals surface area contributed by atoms with Crippen LogP contribution in [0.1, 0.15) is 17.1 Å². The van der Waals surface area contributed by atoms with Gasteiger partial charge in [0.25, 0.3) is 0 Å². The maximum absolute atomic E-state index is 13.5. The Kier molecular flexibility index (Phi) is 5.76. The molecule has 14 heteroatoms. The van der Waals surface area contributed by atoms with Crippen molar-refractivity contribution in [2.24, 2.45) is 0 Å². The largest absolute Gasteiger partial charge is 0.457 e. The van der Waals surface area contributed by atoms with E-state index in [9.17, 15) is 26.3 Å². The van der Waals surface area contributed by atoms with Gasteiger partial charge in [0.05, 0.1) is 15.4 Å². The molecule has 2 aromatic heterocycles. The fourth-order valence-corrected chi connectivity index (χ4v) is 3.69. The number of hydrogen-bond donors (Lipinski definition) is 1. The van der Waals surface area contributed by atoms with Gasteiger partial charge in [-0.3, -0.25) is 0 Å². The topological polar surface area (TPSA) is 78.8 Å². The third-order valence-electron chi connectivity index (χ3n) is 4.55. The molecule has 0 saturated heterocycles. The molecule has 34 heavy (non-hydrogen) atoms. The Hall–Kier alpha value is -3.25. The first kappa shape index (κ1) is 23.9. The summed E-state index contributed by atoms with van der Waals surface area (Å²) in [6.07, 6.45) is -10.5. The van der Waals surface area contributed by atoms with E-state index in [1.807, 2.05) is 6.92 Å². The lowest BCUT2D eigenvalue weighted by Crippen LogP contribution is -2.17. The van der Waals surface area contributed by atoms with Gasteiger partial charge in [0.15, 0.2) is 11.3 Å². The van der Waals surface area contributed by atoms with E-state index in [0.717, 1.165) is 5.56 Å². The summed E-state index contributed by atoms with van der Waals surface area (Å²) in [7, 11) is 0. The number of halogens is 8. The molecular weight excluding hydrogens is 511 g/mol. The molecule has 0 atom stereocenters. The van der Waals surface area contributed by atoms with Crippen LogP contribution in [0.5, 0.6) is 11.5 Å². The minimum absolute atomic E-state index is 0.147. The molecule has 0 aliphatic carbocycles. The molecule has 0 spiro atoms. The highest BCUT2D eigenvalue weighted by Crippen LogP contribution is 2.41. The minimum Gasteiger partial charge on any atom is -0.457 e. The number of nitrogens with two attached hydrogens (primary N) is 1. The van der Waals surface area contributed by atoms with Crippen molar-refractivity contribution in [1.29, 1.82) is 0 Å². The zero-order chi connectivity index (χ0) is 25.0. The van der Waals surface area contributed by atoms with Gasteiger partial charge in [-0.15, -0.1) is 5.10 Å². The molecule has 178 valence electrons. The monoisotopic (exact) mass is 521 g/mol. The molecule has 0 amide bonds. The molecule has 4 aromatic rings. The van der Waals surface area contributed by atoms with E-state index in [2.05, 4.69) is 15.1 Å². The summed E-state index contributed by atoms with van der Waals surface area (Å²) in [5, 5.41) is 2.49. The van der Waals surface area contributed by atoms with Crippen molar-refractivity contribution in [3.8, 4) is 17.2 Å². The van der Waals surface area contributed by atoms with E-state index in [4.69, 9.17) is 33.7 Å². The van der Waals surface area contributed by atoms with Gasteiger partial charge in [0, 0.05) is 12.1 Å². The number of nitrogens with zero attached hydrogens (tertiary/aromatic N) is 4. The molecule has 2 aromatic carbocycles. The van der Waals surface area contributed by atoms with Crippen molar-refractivity contribution < 1.29 is 31.1 Å². The third-order valence-corrected chi connectivity index (χ3v) is 5.13. The van der Waals surface area contributed by atoms with Crippen molar-refractivity contribution in [3.05, 3.63) is 63.5 Å². The second-order valence-electron chi connectivity index (χ2n) is 7.04. The molecule has 0 unspecified atom stereocenters. The minimum atomic E-state index is -5.28. The number of ether oxygens (including phenoxy) is 1. The van der Waals surface area contributed by atoms with Gasteiger partial charge in [-0.2, -0.15) is 26.3 Å². The van der Waals surface area contributed by atoms with E-state index in [1.165, 1.54) is 12.1 Å². The number of alkyl halides is 6. The van der Waals surface area contributed by atoms with Gasteiger partial charge in [-0.25, -0.2) is 14.6 Å². The fraction of sp³-hybridized carbons (Fsp3) is 0.150. The predicted molar refractivity (Wildman–Crippen MR) is 112 cm³/mol. The average Bonchev–Trinajstić information content (AvgIpc) is 3.03. The van der Waals surface area contributed by atoms with Gasteiger partial charge in [0.2, 0.25) is 5.82 Å². The Bertz CT molecular complexity index is 1380. The summed E-state index contributed by atoms with van der Waals surface area (Å²) >= 11 is 12.5. The molecule has 0 aliphatic rings.